The summed E-state index contributed by atoms with van der Waals surface area (Å²) in [7, 11) is 1.20. The molecule has 1 N–H and O–H groups in total. The summed E-state index contributed by atoms with van der Waals surface area (Å²) in [6.07, 6.45) is 1.25. The lowest BCUT2D eigenvalue weighted by Crippen LogP contribution is -2.07. The van der Waals surface area contributed by atoms with Gasteiger partial charge in [0.1, 0.15) is 5.69 Å². The quantitative estimate of drug-likeness (QED) is 0.811. The van der Waals surface area contributed by atoms with Crippen molar-refractivity contribution in [3.05, 3.63) is 28.0 Å². The fourth-order valence-electron chi connectivity index (χ4n) is 0.819. The molecule has 0 spiro atoms. The molecule has 0 unspecified atom stereocenters. The number of rotatable bonds is 2. The molecule has 5 nitrogen and oxygen atoms in total. The fourth-order valence-corrected chi connectivity index (χ4v) is 1.21. The van der Waals surface area contributed by atoms with Crippen molar-refractivity contribution in [1.82, 2.24) is 4.98 Å². The minimum absolute atomic E-state index is 0.0274. The zero-order valence-corrected chi connectivity index (χ0v) is 8.74. The molecule has 1 aromatic rings. The van der Waals surface area contributed by atoms with Gasteiger partial charge in [-0.05, 0) is 22.0 Å². The van der Waals surface area contributed by atoms with Crippen LogP contribution in [0.4, 0.5) is 0 Å². The third kappa shape index (κ3) is 2.08. The summed E-state index contributed by atoms with van der Waals surface area (Å²) in [5.41, 5.74) is -0.0616. The van der Waals surface area contributed by atoms with Crippen molar-refractivity contribution >= 4 is 27.9 Å². The van der Waals surface area contributed by atoms with Crippen molar-refractivity contribution in [2.24, 2.45) is 0 Å². The van der Waals surface area contributed by atoms with Crippen molar-refractivity contribution in [2.75, 3.05) is 7.11 Å². The van der Waals surface area contributed by atoms with Crippen LogP contribution in [0.3, 0.4) is 0 Å². The Bertz CT molecular complexity index is 391. The molecule has 0 fully saturated rings. The number of esters is 1. The molecule has 1 heterocycles. The lowest BCUT2D eigenvalue weighted by Gasteiger charge is -2.01. The molecule has 0 amide bonds. The van der Waals surface area contributed by atoms with E-state index in [9.17, 15) is 9.59 Å². The maximum absolute atomic E-state index is 11.0. The fraction of sp³-hybridized carbons (Fsp3) is 0.125. The number of halogens is 1. The van der Waals surface area contributed by atoms with Crippen LogP contribution in [0.1, 0.15) is 20.8 Å². The van der Waals surface area contributed by atoms with E-state index in [1.54, 1.807) is 0 Å². The number of nitrogens with zero attached hydrogens (tertiary/aromatic N) is 1. The maximum Gasteiger partial charge on any atom is 0.356 e. The minimum atomic E-state index is -1.13. The Labute approximate surface area is 87.8 Å². The summed E-state index contributed by atoms with van der Waals surface area (Å²) >= 11 is 3.01. The molecule has 74 valence electrons. The lowest BCUT2D eigenvalue weighted by molar-refractivity contribution is 0.0594. The van der Waals surface area contributed by atoms with Gasteiger partial charge in [-0.1, -0.05) is 0 Å². The van der Waals surface area contributed by atoms with E-state index >= 15 is 0 Å². The molecule has 0 aliphatic heterocycles. The largest absolute Gasteiger partial charge is 0.478 e. The second kappa shape index (κ2) is 4.19. The third-order valence-electron chi connectivity index (χ3n) is 1.48. The molecule has 0 aliphatic rings. The van der Waals surface area contributed by atoms with Gasteiger partial charge in [-0.25, -0.2) is 14.6 Å². The van der Waals surface area contributed by atoms with Crippen molar-refractivity contribution in [3.8, 4) is 0 Å². The maximum atomic E-state index is 11.0. The Morgan fingerprint density at radius 2 is 2.21 bits per heavy atom. The number of hydrogen-bond donors (Lipinski definition) is 1. The Hall–Kier alpha value is -1.43. The molecule has 0 atom stereocenters. The monoisotopic (exact) mass is 259 g/mol. The molecule has 0 radical (unpaired) electrons. The second-order valence-electron chi connectivity index (χ2n) is 2.35. The number of ether oxygens (including phenoxy) is 1. The molecule has 14 heavy (non-hydrogen) atoms. The third-order valence-corrected chi connectivity index (χ3v) is 2.11. The highest BCUT2D eigenvalue weighted by atomic mass is 79.9. The number of carbonyl (C=O) groups is 2. The van der Waals surface area contributed by atoms with Crippen LogP contribution < -0.4 is 0 Å². The highest BCUT2D eigenvalue weighted by molar-refractivity contribution is 9.10. The number of carboxylic acid groups (broad SMARTS) is 1. The van der Waals surface area contributed by atoms with E-state index < -0.39 is 11.9 Å². The highest BCUT2D eigenvalue weighted by Gasteiger charge is 2.14. The van der Waals surface area contributed by atoms with Gasteiger partial charge in [-0.2, -0.15) is 0 Å². The molecule has 0 saturated heterocycles. The topological polar surface area (TPSA) is 76.5 Å². The van der Waals surface area contributed by atoms with Gasteiger partial charge >= 0.3 is 11.9 Å². The van der Waals surface area contributed by atoms with Crippen LogP contribution in [0.5, 0.6) is 0 Å². The first kappa shape index (κ1) is 10.6. The van der Waals surface area contributed by atoms with Gasteiger partial charge in [-0.15, -0.1) is 0 Å². The standard InChI is InChI=1S/C8H6BrNO4/c1-14-8(13)6-2-4(7(11)12)5(9)3-10-6/h2-3H,1H3,(H,11,12). The molecule has 1 aromatic heterocycles. The molecule has 0 saturated carbocycles. The number of methoxy groups -OCH3 is 1. The van der Waals surface area contributed by atoms with E-state index in [0.717, 1.165) is 6.07 Å². The van der Waals surface area contributed by atoms with Crippen LogP contribution in [-0.2, 0) is 4.74 Å². The number of aromatic carboxylic acids is 1. The molecule has 0 aliphatic carbocycles. The Balaban J connectivity index is 3.19. The molecule has 0 bridgehead atoms. The molecule has 1 rings (SSSR count). The van der Waals surface area contributed by atoms with Crippen molar-refractivity contribution in [3.63, 3.8) is 0 Å². The number of carboxylic acids is 1. The van der Waals surface area contributed by atoms with Gasteiger partial charge in [0.25, 0.3) is 0 Å². The highest BCUT2D eigenvalue weighted by Crippen LogP contribution is 2.16. The van der Waals surface area contributed by atoms with Gasteiger partial charge in [-0.3, -0.25) is 0 Å². The molecular weight excluding hydrogens is 254 g/mol. The van der Waals surface area contributed by atoms with Crippen molar-refractivity contribution in [2.45, 2.75) is 0 Å². The minimum Gasteiger partial charge on any atom is -0.478 e. The first-order valence-corrected chi connectivity index (χ1v) is 4.32. The van der Waals surface area contributed by atoms with E-state index in [-0.39, 0.29) is 11.3 Å². The Kier molecular flexibility index (Phi) is 3.19. The smallest absolute Gasteiger partial charge is 0.356 e. The summed E-state index contributed by atoms with van der Waals surface area (Å²) in [4.78, 5) is 25.4. The van der Waals surface area contributed by atoms with Gasteiger partial charge in [0.2, 0.25) is 0 Å². The summed E-state index contributed by atoms with van der Waals surface area (Å²) in [6, 6.07) is 1.15. The van der Waals surface area contributed by atoms with Crippen LogP contribution in [-0.4, -0.2) is 29.1 Å². The summed E-state index contributed by atoms with van der Waals surface area (Å²) in [5.74, 6) is -1.80. The first-order valence-electron chi connectivity index (χ1n) is 3.53. The van der Waals surface area contributed by atoms with E-state index in [4.69, 9.17) is 5.11 Å². The molecule has 6 heteroatoms. The van der Waals surface area contributed by atoms with E-state index in [1.807, 2.05) is 0 Å². The predicted molar refractivity (Wildman–Crippen MR) is 50.2 cm³/mol. The number of pyridine rings is 1. The predicted octanol–water partition coefficient (Wildman–Crippen LogP) is 1.33. The Morgan fingerprint density at radius 3 is 2.71 bits per heavy atom. The Morgan fingerprint density at radius 1 is 1.57 bits per heavy atom. The average molecular weight is 260 g/mol. The number of hydrogen-bond acceptors (Lipinski definition) is 4. The van der Waals surface area contributed by atoms with E-state index in [0.29, 0.717) is 4.47 Å². The van der Waals surface area contributed by atoms with E-state index in [2.05, 4.69) is 25.7 Å². The number of carbonyl (C=O) groups excluding carboxylic acids is 1. The van der Waals surface area contributed by atoms with Crippen molar-refractivity contribution < 1.29 is 19.4 Å². The van der Waals surface area contributed by atoms with Crippen LogP contribution in [0.2, 0.25) is 0 Å². The molecular formula is C8H6BrNO4. The van der Waals surface area contributed by atoms with Crippen molar-refractivity contribution in [1.29, 1.82) is 0 Å². The second-order valence-corrected chi connectivity index (χ2v) is 3.20. The van der Waals surface area contributed by atoms with Gasteiger partial charge in [0, 0.05) is 6.20 Å². The summed E-state index contributed by atoms with van der Waals surface area (Å²) in [6.45, 7) is 0. The van der Waals surface area contributed by atoms with Crippen LogP contribution in [0.25, 0.3) is 0 Å². The normalized spacial score (nSPS) is 9.57. The zero-order valence-electron chi connectivity index (χ0n) is 7.15. The van der Waals surface area contributed by atoms with Crippen LogP contribution in [0, 0.1) is 0 Å². The van der Waals surface area contributed by atoms with Crippen LogP contribution >= 0.6 is 15.9 Å². The van der Waals surface area contributed by atoms with Gasteiger partial charge < -0.3 is 9.84 Å². The average Bonchev–Trinajstić information content (AvgIpc) is 2.17. The summed E-state index contributed by atoms with van der Waals surface area (Å²) < 4.78 is 4.72. The lowest BCUT2D eigenvalue weighted by atomic mass is 10.2. The zero-order chi connectivity index (χ0) is 10.7. The van der Waals surface area contributed by atoms with E-state index in [1.165, 1.54) is 13.3 Å². The SMILES string of the molecule is COC(=O)c1cc(C(=O)O)c(Br)cn1. The molecule has 0 aromatic carbocycles. The van der Waals surface area contributed by atoms with Gasteiger partial charge in [0.05, 0.1) is 17.1 Å². The van der Waals surface area contributed by atoms with Gasteiger partial charge in [0.15, 0.2) is 0 Å². The van der Waals surface area contributed by atoms with Crippen LogP contribution in [0.15, 0.2) is 16.7 Å². The first-order chi connectivity index (χ1) is 6.56. The summed E-state index contributed by atoms with van der Waals surface area (Å²) in [5, 5.41) is 8.73. The number of aromatic nitrogens is 1.